The number of carbonyl (C=O) groups excluding carboxylic acids is 1. The normalized spacial score (nSPS) is 27.2. The van der Waals surface area contributed by atoms with E-state index < -0.39 is 0 Å². The second-order valence-electron chi connectivity index (χ2n) is 8.72. The summed E-state index contributed by atoms with van der Waals surface area (Å²) in [7, 11) is 1.40. The Morgan fingerprint density at radius 3 is 2.62 bits per heavy atom. The third kappa shape index (κ3) is 8.15. The van der Waals surface area contributed by atoms with Gasteiger partial charge in [-0.2, -0.15) is 0 Å². The van der Waals surface area contributed by atoms with E-state index in [0.717, 1.165) is 19.3 Å². The van der Waals surface area contributed by atoms with Crippen LogP contribution >= 0.6 is 0 Å². The maximum absolute atomic E-state index is 11.5. The van der Waals surface area contributed by atoms with Crippen LogP contribution in [0.2, 0.25) is 0 Å². The Bertz CT molecular complexity index is 681. The minimum Gasteiger partial charge on any atom is -0.469 e. The highest BCUT2D eigenvalue weighted by atomic mass is 17.2. The maximum Gasteiger partial charge on any atom is 0.308 e. The highest BCUT2D eigenvalue weighted by Crippen LogP contribution is 2.37. The van der Waals surface area contributed by atoms with Crippen molar-refractivity contribution in [2.45, 2.75) is 65.1 Å². The molecular weight excluding hydrogens is 364 g/mol. The summed E-state index contributed by atoms with van der Waals surface area (Å²) < 4.78 is 4.74. The van der Waals surface area contributed by atoms with Crippen LogP contribution in [0.15, 0.2) is 48.6 Å². The average molecular weight is 401 g/mol. The van der Waals surface area contributed by atoms with Gasteiger partial charge in [0, 0.05) is 0 Å². The zero-order valence-electron chi connectivity index (χ0n) is 18.5. The quantitative estimate of drug-likeness (QED) is 0.290. The zero-order chi connectivity index (χ0) is 21.3. The van der Waals surface area contributed by atoms with Crippen molar-refractivity contribution < 1.29 is 19.3 Å². The van der Waals surface area contributed by atoms with Crippen LogP contribution in [0.1, 0.15) is 58.9 Å². The lowest BCUT2D eigenvalue weighted by Crippen LogP contribution is -2.44. The van der Waals surface area contributed by atoms with Crippen LogP contribution in [0, 0.1) is 17.8 Å². The van der Waals surface area contributed by atoms with E-state index in [1.165, 1.54) is 12.7 Å². The van der Waals surface area contributed by atoms with Gasteiger partial charge in [0.15, 0.2) is 0 Å². The summed E-state index contributed by atoms with van der Waals surface area (Å²) in [6.45, 7) is 8.64. The van der Waals surface area contributed by atoms with Gasteiger partial charge in [0.05, 0.1) is 13.5 Å². The van der Waals surface area contributed by atoms with Crippen LogP contribution in [0.4, 0.5) is 0 Å². The molecule has 5 atom stereocenters. The van der Waals surface area contributed by atoms with Crippen LogP contribution in [-0.4, -0.2) is 24.8 Å². The Kier molecular flexibility index (Phi) is 9.12. The van der Waals surface area contributed by atoms with Crippen molar-refractivity contribution in [2.24, 2.45) is 17.8 Å². The number of esters is 1. The minimum absolute atomic E-state index is 0.234. The molecule has 0 aromatic heterocycles. The molecule has 0 N–H and O–H groups in total. The average Bonchev–Trinajstić information content (AvgIpc) is 2.69. The van der Waals surface area contributed by atoms with E-state index in [9.17, 15) is 4.79 Å². The number of allylic oxidation sites excluding steroid dienone is 3. The number of methoxy groups -OCH3 is 1. The number of ether oxygens (including phenoxy) is 1. The first kappa shape index (κ1) is 23.4. The van der Waals surface area contributed by atoms with Crippen molar-refractivity contribution in [1.82, 2.24) is 0 Å². The van der Waals surface area contributed by atoms with Crippen LogP contribution in [-0.2, 0) is 19.3 Å². The Morgan fingerprint density at radius 1 is 1.24 bits per heavy atom. The fourth-order valence-corrected chi connectivity index (χ4v) is 3.91. The third-order valence-electron chi connectivity index (χ3n) is 5.50. The largest absolute Gasteiger partial charge is 0.469 e. The van der Waals surface area contributed by atoms with E-state index in [0.29, 0.717) is 11.8 Å². The van der Waals surface area contributed by atoms with E-state index in [4.69, 9.17) is 14.5 Å². The van der Waals surface area contributed by atoms with Crippen LogP contribution in [0.3, 0.4) is 0 Å². The van der Waals surface area contributed by atoms with Gasteiger partial charge in [-0.1, -0.05) is 75.4 Å². The molecule has 1 aromatic carbocycles. The first-order valence-corrected chi connectivity index (χ1v) is 10.6. The summed E-state index contributed by atoms with van der Waals surface area (Å²) in [6.07, 6.45) is 11.7. The van der Waals surface area contributed by atoms with Crippen LogP contribution < -0.4 is 0 Å². The van der Waals surface area contributed by atoms with Crippen molar-refractivity contribution in [2.75, 3.05) is 7.11 Å². The fraction of sp³-hybridized carbons (Fsp3) is 0.560. The molecule has 0 aliphatic carbocycles. The number of rotatable bonds is 9. The second-order valence-corrected chi connectivity index (χ2v) is 8.72. The molecule has 1 heterocycles. The van der Waals surface area contributed by atoms with Crippen LogP contribution in [0.5, 0.6) is 0 Å². The van der Waals surface area contributed by atoms with Gasteiger partial charge in [-0.25, -0.2) is 9.78 Å². The summed E-state index contributed by atoms with van der Waals surface area (Å²) in [5.41, 5.74) is 0.896. The first-order valence-electron chi connectivity index (χ1n) is 10.6. The highest BCUT2D eigenvalue weighted by Gasteiger charge is 2.40. The Labute approximate surface area is 175 Å². The second kappa shape index (κ2) is 11.3. The Hall–Kier alpha value is -1.91. The Morgan fingerprint density at radius 2 is 1.97 bits per heavy atom. The molecule has 0 saturated carbocycles. The summed E-state index contributed by atoms with van der Waals surface area (Å²) >= 11 is 0. The topological polar surface area (TPSA) is 44.8 Å². The molecule has 0 radical (unpaired) electrons. The van der Waals surface area contributed by atoms with E-state index in [-0.39, 0.29) is 30.0 Å². The standard InChI is InChI=1S/C25H36O4/c1-19(14-15-22-12-7-6-8-13-22)10-9-11-20(2)17-25(4)18-21(3)23(28-29-25)16-24(26)27-5/h6-9,11-15,19-21,23H,10,16-18H2,1-5H3/b11-9+,15-14+/t19?,20?,21-,23-,25+/m0/s1. The predicted molar refractivity (Wildman–Crippen MR) is 117 cm³/mol. The van der Waals surface area contributed by atoms with E-state index in [1.807, 2.05) is 6.07 Å². The third-order valence-corrected chi connectivity index (χ3v) is 5.50. The summed E-state index contributed by atoms with van der Waals surface area (Å²) in [5.74, 6) is 0.855. The molecular formula is C25H36O4. The zero-order valence-corrected chi connectivity index (χ0v) is 18.5. The molecule has 4 heteroatoms. The molecule has 4 nitrogen and oxygen atoms in total. The summed E-state index contributed by atoms with van der Waals surface area (Å²) in [6, 6.07) is 10.4. The lowest BCUT2D eigenvalue weighted by molar-refractivity contribution is -0.417. The summed E-state index contributed by atoms with van der Waals surface area (Å²) in [4.78, 5) is 22.8. The molecule has 1 aliphatic heterocycles. The van der Waals surface area contributed by atoms with E-state index >= 15 is 0 Å². The van der Waals surface area contributed by atoms with Gasteiger partial charge in [-0.05, 0) is 49.5 Å². The maximum atomic E-state index is 11.5. The number of carbonyl (C=O) groups is 1. The van der Waals surface area contributed by atoms with Crippen molar-refractivity contribution >= 4 is 12.0 Å². The lowest BCUT2D eigenvalue weighted by atomic mass is 9.82. The molecule has 1 saturated heterocycles. The van der Waals surface area contributed by atoms with Gasteiger partial charge in [0.1, 0.15) is 11.7 Å². The molecule has 2 rings (SSSR count). The minimum atomic E-state index is -0.339. The smallest absolute Gasteiger partial charge is 0.308 e. The van der Waals surface area contributed by atoms with Gasteiger partial charge in [0.2, 0.25) is 0 Å². The molecule has 1 aromatic rings. The number of hydrogen-bond acceptors (Lipinski definition) is 4. The van der Waals surface area contributed by atoms with Gasteiger partial charge < -0.3 is 4.74 Å². The van der Waals surface area contributed by atoms with Crippen molar-refractivity contribution in [1.29, 1.82) is 0 Å². The predicted octanol–water partition coefficient (Wildman–Crippen LogP) is 5.99. The molecule has 0 bridgehead atoms. The molecule has 0 amide bonds. The monoisotopic (exact) mass is 400 g/mol. The lowest BCUT2D eigenvalue weighted by Gasteiger charge is -2.40. The number of hydrogen-bond donors (Lipinski definition) is 0. The molecule has 1 aliphatic rings. The molecule has 1 fully saturated rings. The summed E-state index contributed by atoms with van der Waals surface area (Å²) in [5, 5.41) is 0. The van der Waals surface area contributed by atoms with E-state index in [1.54, 1.807) is 0 Å². The van der Waals surface area contributed by atoms with Crippen molar-refractivity contribution in [3.8, 4) is 0 Å². The fourth-order valence-electron chi connectivity index (χ4n) is 3.91. The van der Waals surface area contributed by atoms with Gasteiger partial charge in [0.25, 0.3) is 0 Å². The van der Waals surface area contributed by atoms with E-state index in [2.05, 4.69) is 76.3 Å². The molecule has 160 valence electrons. The highest BCUT2D eigenvalue weighted by molar-refractivity contribution is 5.69. The van der Waals surface area contributed by atoms with Gasteiger partial charge >= 0.3 is 5.97 Å². The first-order chi connectivity index (χ1) is 13.8. The van der Waals surface area contributed by atoms with Gasteiger partial charge in [-0.3, -0.25) is 4.79 Å². The Balaban J connectivity index is 1.77. The number of benzene rings is 1. The van der Waals surface area contributed by atoms with Crippen molar-refractivity contribution in [3.05, 3.63) is 54.1 Å². The van der Waals surface area contributed by atoms with Gasteiger partial charge in [-0.15, -0.1) is 0 Å². The molecule has 29 heavy (non-hydrogen) atoms. The van der Waals surface area contributed by atoms with Crippen molar-refractivity contribution in [3.63, 3.8) is 0 Å². The molecule has 0 spiro atoms. The van der Waals surface area contributed by atoms with Crippen LogP contribution in [0.25, 0.3) is 6.08 Å². The SMILES string of the molecule is COC(=O)C[C@@H]1OO[C@](C)(CC(C)/C=C/CC(C)/C=C/c2ccccc2)C[C@@H]1C. The molecule has 2 unspecified atom stereocenters.